The predicted molar refractivity (Wildman–Crippen MR) is 57.5 cm³/mol. The summed E-state index contributed by atoms with van der Waals surface area (Å²) in [7, 11) is 0. The molecule has 0 aromatic rings. The van der Waals surface area contributed by atoms with Crippen molar-refractivity contribution in [3.05, 3.63) is 0 Å². The van der Waals surface area contributed by atoms with Gasteiger partial charge in [0.1, 0.15) is 6.10 Å². The molecule has 0 spiro atoms. The zero-order valence-corrected chi connectivity index (χ0v) is 9.55. The van der Waals surface area contributed by atoms with Crippen LogP contribution in [0.1, 0.15) is 19.3 Å². The van der Waals surface area contributed by atoms with Gasteiger partial charge in [0, 0.05) is 19.1 Å². The third-order valence-corrected chi connectivity index (χ3v) is 3.18. The first kappa shape index (κ1) is 12.3. The van der Waals surface area contributed by atoms with Gasteiger partial charge in [0.25, 0.3) is 0 Å². The number of nitrogens with one attached hydrogen (secondary N) is 1. The van der Waals surface area contributed by atoms with E-state index in [4.69, 9.17) is 14.6 Å². The number of carbonyl (C=O) groups excluding carboxylic acids is 1. The molecule has 0 bridgehead atoms. The van der Waals surface area contributed by atoms with Crippen LogP contribution in [0.5, 0.6) is 0 Å². The first-order valence-electron chi connectivity index (χ1n) is 5.90. The Hall–Kier alpha value is -1.14. The van der Waals surface area contributed by atoms with Gasteiger partial charge in [-0.3, -0.25) is 4.79 Å². The number of ether oxygens (including phenoxy) is 2. The van der Waals surface area contributed by atoms with E-state index in [0.29, 0.717) is 31.9 Å². The number of rotatable bonds is 4. The molecule has 6 heteroatoms. The van der Waals surface area contributed by atoms with E-state index in [2.05, 4.69) is 5.32 Å². The highest BCUT2D eigenvalue weighted by Crippen LogP contribution is 2.20. The number of carboxylic acids is 1. The lowest BCUT2D eigenvalue weighted by molar-refractivity contribution is -0.151. The van der Waals surface area contributed by atoms with Crippen LogP contribution in [0.15, 0.2) is 0 Å². The van der Waals surface area contributed by atoms with Crippen LogP contribution < -0.4 is 5.32 Å². The lowest BCUT2D eigenvalue weighted by atomic mass is 10.1. The molecule has 2 fully saturated rings. The summed E-state index contributed by atoms with van der Waals surface area (Å²) in [5.41, 5.74) is 0. The Morgan fingerprint density at radius 1 is 1.24 bits per heavy atom. The fraction of sp³-hybridized carbons (Fsp3) is 0.818. The molecule has 6 nitrogen and oxygen atoms in total. The molecule has 2 aliphatic rings. The van der Waals surface area contributed by atoms with Gasteiger partial charge in [-0.2, -0.15) is 0 Å². The first-order valence-corrected chi connectivity index (χ1v) is 5.90. The number of carbonyl (C=O) groups is 2. The molecule has 2 N–H and O–H groups in total. The number of amides is 1. The van der Waals surface area contributed by atoms with Gasteiger partial charge in [-0.05, 0) is 19.3 Å². The van der Waals surface area contributed by atoms with Gasteiger partial charge in [-0.15, -0.1) is 0 Å². The van der Waals surface area contributed by atoms with Crippen LogP contribution in [0.3, 0.4) is 0 Å². The van der Waals surface area contributed by atoms with Crippen LogP contribution in [0.2, 0.25) is 0 Å². The summed E-state index contributed by atoms with van der Waals surface area (Å²) in [6, 6.07) is 0. The number of hydrogen-bond donors (Lipinski definition) is 2. The second-order valence-electron chi connectivity index (χ2n) is 4.50. The molecule has 96 valence electrons. The second kappa shape index (κ2) is 5.46. The van der Waals surface area contributed by atoms with Crippen molar-refractivity contribution in [3.8, 4) is 0 Å². The molecule has 0 saturated carbocycles. The predicted octanol–water partition coefficient (Wildman–Crippen LogP) is -0.229. The van der Waals surface area contributed by atoms with Crippen molar-refractivity contribution in [3.63, 3.8) is 0 Å². The molecule has 2 aliphatic heterocycles. The van der Waals surface area contributed by atoms with E-state index in [0.717, 1.165) is 13.0 Å². The molecular weight excluding hydrogens is 226 g/mol. The Labute approximate surface area is 99.3 Å². The summed E-state index contributed by atoms with van der Waals surface area (Å²) in [5, 5.41) is 11.5. The molecule has 2 heterocycles. The molecule has 17 heavy (non-hydrogen) atoms. The van der Waals surface area contributed by atoms with Crippen LogP contribution in [-0.2, 0) is 19.1 Å². The minimum Gasteiger partial charge on any atom is -0.479 e. The van der Waals surface area contributed by atoms with Gasteiger partial charge in [-0.1, -0.05) is 0 Å². The summed E-state index contributed by atoms with van der Waals surface area (Å²) >= 11 is 0. The van der Waals surface area contributed by atoms with Gasteiger partial charge >= 0.3 is 5.97 Å². The standard InChI is InChI=1S/C11H17NO5/c13-10(12-5-7-3-4-16-6-7)8-1-2-9(17-8)11(14)15/h7-9H,1-6H2,(H,12,13)(H,14,15). The van der Waals surface area contributed by atoms with Crippen molar-refractivity contribution < 1.29 is 24.2 Å². The van der Waals surface area contributed by atoms with Crippen molar-refractivity contribution in [2.45, 2.75) is 31.5 Å². The maximum atomic E-state index is 11.7. The maximum Gasteiger partial charge on any atom is 0.332 e. The zero-order chi connectivity index (χ0) is 12.3. The summed E-state index contributed by atoms with van der Waals surface area (Å²) < 4.78 is 10.4. The monoisotopic (exact) mass is 243 g/mol. The SMILES string of the molecule is O=C(O)C1CCC(C(=O)NCC2CCOC2)O1. The van der Waals surface area contributed by atoms with E-state index in [1.807, 2.05) is 0 Å². The summed E-state index contributed by atoms with van der Waals surface area (Å²) in [6.45, 7) is 2.02. The van der Waals surface area contributed by atoms with E-state index in [9.17, 15) is 9.59 Å². The second-order valence-corrected chi connectivity index (χ2v) is 4.50. The van der Waals surface area contributed by atoms with Crippen LogP contribution in [0, 0.1) is 5.92 Å². The molecule has 2 rings (SSSR count). The fourth-order valence-corrected chi connectivity index (χ4v) is 2.11. The van der Waals surface area contributed by atoms with E-state index in [-0.39, 0.29) is 5.91 Å². The van der Waals surface area contributed by atoms with E-state index in [1.165, 1.54) is 0 Å². The average Bonchev–Trinajstić information content (AvgIpc) is 2.96. The van der Waals surface area contributed by atoms with Gasteiger partial charge in [0.05, 0.1) is 6.61 Å². The van der Waals surface area contributed by atoms with Crippen LogP contribution in [-0.4, -0.2) is 48.9 Å². The first-order chi connectivity index (χ1) is 8.16. The van der Waals surface area contributed by atoms with Crippen molar-refractivity contribution in [1.29, 1.82) is 0 Å². The van der Waals surface area contributed by atoms with Crippen molar-refractivity contribution in [2.75, 3.05) is 19.8 Å². The average molecular weight is 243 g/mol. The smallest absolute Gasteiger partial charge is 0.332 e. The molecule has 1 amide bonds. The minimum absolute atomic E-state index is 0.208. The van der Waals surface area contributed by atoms with Gasteiger partial charge in [0.15, 0.2) is 6.10 Å². The largest absolute Gasteiger partial charge is 0.479 e. The Bertz CT molecular complexity index is 300. The van der Waals surface area contributed by atoms with E-state index >= 15 is 0 Å². The third-order valence-electron chi connectivity index (χ3n) is 3.18. The summed E-state index contributed by atoms with van der Waals surface area (Å²) in [5.74, 6) is -0.833. The van der Waals surface area contributed by atoms with Crippen LogP contribution in [0.4, 0.5) is 0 Å². The molecular formula is C11H17NO5. The molecule has 0 aromatic heterocycles. The van der Waals surface area contributed by atoms with Crippen LogP contribution in [0.25, 0.3) is 0 Å². The van der Waals surface area contributed by atoms with Crippen molar-refractivity contribution in [2.24, 2.45) is 5.92 Å². The third kappa shape index (κ3) is 3.17. The Kier molecular flexibility index (Phi) is 3.96. The number of aliphatic carboxylic acids is 1. The van der Waals surface area contributed by atoms with Crippen molar-refractivity contribution >= 4 is 11.9 Å². The topological polar surface area (TPSA) is 84.9 Å². The minimum atomic E-state index is -0.996. The van der Waals surface area contributed by atoms with E-state index < -0.39 is 18.2 Å². The Balaban J connectivity index is 1.71. The summed E-state index contributed by atoms with van der Waals surface area (Å²) in [6.07, 6.45) is 0.395. The van der Waals surface area contributed by atoms with Gasteiger partial charge < -0.3 is 19.9 Å². The van der Waals surface area contributed by atoms with Crippen molar-refractivity contribution in [1.82, 2.24) is 5.32 Å². The maximum absolute atomic E-state index is 11.7. The molecule has 3 unspecified atom stereocenters. The molecule has 2 saturated heterocycles. The number of hydrogen-bond acceptors (Lipinski definition) is 4. The zero-order valence-electron chi connectivity index (χ0n) is 9.55. The highest BCUT2D eigenvalue weighted by molar-refractivity contribution is 5.82. The lowest BCUT2D eigenvalue weighted by Gasteiger charge is -2.13. The number of carboxylic acid groups (broad SMARTS) is 1. The molecule has 0 aliphatic carbocycles. The molecule has 0 radical (unpaired) electrons. The lowest BCUT2D eigenvalue weighted by Crippen LogP contribution is -2.38. The highest BCUT2D eigenvalue weighted by atomic mass is 16.5. The fourth-order valence-electron chi connectivity index (χ4n) is 2.11. The summed E-state index contributed by atoms with van der Waals surface area (Å²) in [4.78, 5) is 22.4. The Morgan fingerprint density at radius 3 is 2.59 bits per heavy atom. The van der Waals surface area contributed by atoms with Crippen LogP contribution >= 0.6 is 0 Å². The molecule has 3 atom stereocenters. The van der Waals surface area contributed by atoms with Gasteiger partial charge in [-0.25, -0.2) is 4.79 Å². The highest BCUT2D eigenvalue weighted by Gasteiger charge is 2.34. The van der Waals surface area contributed by atoms with E-state index in [1.54, 1.807) is 0 Å². The molecule has 0 aromatic carbocycles. The normalized spacial score (nSPS) is 32.6. The van der Waals surface area contributed by atoms with Gasteiger partial charge in [0.2, 0.25) is 5.91 Å². The Morgan fingerprint density at radius 2 is 2.00 bits per heavy atom. The quantitative estimate of drug-likeness (QED) is 0.712.